The molecule has 1 unspecified atom stereocenters. The molecule has 1 heteroatoms. The molecule has 1 aliphatic rings. The molecule has 0 radical (unpaired) electrons. The van der Waals surface area contributed by atoms with Crippen LogP contribution >= 0.6 is 0 Å². The quantitative estimate of drug-likeness (QED) is 0.562. The Morgan fingerprint density at radius 2 is 2.00 bits per heavy atom. The van der Waals surface area contributed by atoms with Crippen molar-refractivity contribution < 1.29 is 0 Å². The number of hydrogen-bond acceptors (Lipinski definition) is 1. The Morgan fingerprint density at radius 3 is 2.27 bits per heavy atom. The van der Waals surface area contributed by atoms with Gasteiger partial charge in [0.1, 0.15) is 0 Å². The molecular formula is C10H21N. The predicted molar refractivity (Wildman–Crippen MR) is 49.7 cm³/mol. The molecule has 0 aromatic heterocycles. The summed E-state index contributed by atoms with van der Waals surface area (Å²) in [6.07, 6.45) is 1.40. The molecule has 0 N–H and O–H groups in total. The Kier molecular flexibility index (Phi) is 2.58. The van der Waals surface area contributed by atoms with E-state index in [4.69, 9.17) is 0 Å². The van der Waals surface area contributed by atoms with E-state index in [9.17, 15) is 0 Å². The van der Waals surface area contributed by atoms with E-state index in [-0.39, 0.29) is 0 Å². The second kappa shape index (κ2) is 3.14. The van der Waals surface area contributed by atoms with Crippen molar-refractivity contribution in [1.82, 2.24) is 4.90 Å². The van der Waals surface area contributed by atoms with Gasteiger partial charge in [0.2, 0.25) is 0 Å². The van der Waals surface area contributed by atoms with Gasteiger partial charge in [0.05, 0.1) is 0 Å². The molecule has 1 fully saturated rings. The molecule has 11 heavy (non-hydrogen) atoms. The van der Waals surface area contributed by atoms with E-state index in [1.54, 1.807) is 0 Å². The Labute approximate surface area is 70.8 Å². The lowest BCUT2D eigenvalue weighted by Crippen LogP contribution is -2.25. The second-order valence-corrected chi connectivity index (χ2v) is 4.74. The third-order valence-corrected chi connectivity index (χ3v) is 2.94. The Morgan fingerprint density at radius 1 is 1.36 bits per heavy atom. The molecule has 0 bridgehead atoms. The van der Waals surface area contributed by atoms with Crippen LogP contribution in [0.25, 0.3) is 0 Å². The first-order valence-corrected chi connectivity index (χ1v) is 4.76. The molecule has 0 spiro atoms. The molecule has 0 saturated carbocycles. The van der Waals surface area contributed by atoms with Gasteiger partial charge in [-0.05, 0) is 30.8 Å². The average molecular weight is 155 g/mol. The summed E-state index contributed by atoms with van der Waals surface area (Å²) in [5.74, 6) is 0.919. The minimum atomic E-state index is 0.518. The first-order valence-electron chi connectivity index (χ1n) is 4.76. The highest BCUT2D eigenvalue weighted by molar-refractivity contribution is 4.83. The minimum absolute atomic E-state index is 0.518. The van der Waals surface area contributed by atoms with E-state index in [2.05, 4.69) is 32.6 Å². The molecule has 1 nitrogen and oxygen atoms in total. The lowest BCUT2D eigenvalue weighted by molar-refractivity contribution is 0.233. The lowest BCUT2D eigenvalue weighted by atomic mass is 9.80. The molecule has 0 aromatic carbocycles. The summed E-state index contributed by atoms with van der Waals surface area (Å²) >= 11 is 0. The van der Waals surface area contributed by atoms with Gasteiger partial charge in [-0.1, -0.05) is 27.7 Å². The molecule has 0 aliphatic carbocycles. The van der Waals surface area contributed by atoms with Crippen LogP contribution in [-0.2, 0) is 0 Å². The third kappa shape index (κ3) is 2.19. The van der Waals surface area contributed by atoms with Gasteiger partial charge < -0.3 is 4.90 Å². The van der Waals surface area contributed by atoms with Gasteiger partial charge in [-0.25, -0.2) is 0 Å². The predicted octanol–water partition coefficient (Wildman–Crippen LogP) is 2.37. The summed E-state index contributed by atoms with van der Waals surface area (Å²) in [6, 6.07) is 0. The molecule has 1 atom stereocenters. The van der Waals surface area contributed by atoms with E-state index in [1.165, 1.54) is 26.1 Å². The van der Waals surface area contributed by atoms with Crippen molar-refractivity contribution >= 4 is 0 Å². The van der Waals surface area contributed by atoms with E-state index in [0.29, 0.717) is 5.41 Å². The van der Waals surface area contributed by atoms with Crippen molar-refractivity contribution in [3.8, 4) is 0 Å². The monoisotopic (exact) mass is 155 g/mol. The van der Waals surface area contributed by atoms with Gasteiger partial charge in [-0.3, -0.25) is 0 Å². The summed E-state index contributed by atoms with van der Waals surface area (Å²) in [5.41, 5.74) is 0.518. The van der Waals surface area contributed by atoms with Crippen LogP contribution in [-0.4, -0.2) is 24.5 Å². The average Bonchev–Trinajstić information content (AvgIpc) is 2.32. The SMILES string of the molecule is CCN1CCC(C(C)(C)C)C1. The fraction of sp³-hybridized carbons (Fsp3) is 1.00. The first-order chi connectivity index (χ1) is 5.04. The molecule has 66 valence electrons. The highest BCUT2D eigenvalue weighted by Gasteiger charge is 2.30. The van der Waals surface area contributed by atoms with Crippen molar-refractivity contribution in [2.75, 3.05) is 19.6 Å². The fourth-order valence-corrected chi connectivity index (χ4v) is 1.83. The fourth-order valence-electron chi connectivity index (χ4n) is 1.83. The van der Waals surface area contributed by atoms with Gasteiger partial charge in [-0.15, -0.1) is 0 Å². The summed E-state index contributed by atoms with van der Waals surface area (Å²) in [5, 5.41) is 0. The highest BCUT2D eigenvalue weighted by atomic mass is 15.1. The highest BCUT2D eigenvalue weighted by Crippen LogP contribution is 2.33. The van der Waals surface area contributed by atoms with E-state index >= 15 is 0 Å². The van der Waals surface area contributed by atoms with Crippen LogP contribution in [0.5, 0.6) is 0 Å². The third-order valence-electron chi connectivity index (χ3n) is 2.94. The maximum Gasteiger partial charge on any atom is 0.00150 e. The van der Waals surface area contributed by atoms with Gasteiger partial charge in [0, 0.05) is 6.54 Å². The zero-order valence-corrected chi connectivity index (χ0v) is 8.35. The van der Waals surface area contributed by atoms with Crippen LogP contribution in [0.4, 0.5) is 0 Å². The minimum Gasteiger partial charge on any atom is -0.303 e. The number of likely N-dealkylation sites (tertiary alicyclic amines) is 1. The number of nitrogens with zero attached hydrogens (tertiary/aromatic N) is 1. The van der Waals surface area contributed by atoms with E-state index < -0.39 is 0 Å². The summed E-state index contributed by atoms with van der Waals surface area (Å²) in [6.45, 7) is 13.2. The zero-order valence-electron chi connectivity index (χ0n) is 8.35. The maximum absolute atomic E-state index is 2.55. The Balaban J connectivity index is 2.42. The summed E-state index contributed by atoms with van der Waals surface area (Å²) in [7, 11) is 0. The Hall–Kier alpha value is -0.0400. The molecule has 0 amide bonds. The molecule has 0 aromatic rings. The normalized spacial score (nSPS) is 27.8. The largest absolute Gasteiger partial charge is 0.303 e. The molecule has 1 aliphatic heterocycles. The van der Waals surface area contributed by atoms with Gasteiger partial charge in [0.15, 0.2) is 0 Å². The van der Waals surface area contributed by atoms with Crippen molar-refractivity contribution in [2.45, 2.75) is 34.1 Å². The van der Waals surface area contributed by atoms with Crippen LogP contribution in [0.15, 0.2) is 0 Å². The van der Waals surface area contributed by atoms with Crippen molar-refractivity contribution in [1.29, 1.82) is 0 Å². The van der Waals surface area contributed by atoms with Gasteiger partial charge in [0.25, 0.3) is 0 Å². The second-order valence-electron chi connectivity index (χ2n) is 4.74. The van der Waals surface area contributed by atoms with Gasteiger partial charge in [-0.2, -0.15) is 0 Å². The van der Waals surface area contributed by atoms with E-state index in [1.807, 2.05) is 0 Å². The standard InChI is InChI=1S/C10H21N/c1-5-11-7-6-9(8-11)10(2,3)4/h9H,5-8H2,1-4H3. The summed E-state index contributed by atoms with van der Waals surface area (Å²) < 4.78 is 0. The Bertz CT molecular complexity index is 123. The van der Waals surface area contributed by atoms with Crippen LogP contribution in [0, 0.1) is 11.3 Å². The van der Waals surface area contributed by atoms with Crippen molar-refractivity contribution in [3.05, 3.63) is 0 Å². The van der Waals surface area contributed by atoms with Crippen LogP contribution in [0.1, 0.15) is 34.1 Å². The first kappa shape index (κ1) is 9.05. The molecular weight excluding hydrogens is 134 g/mol. The molecule has 1 heterocycles. The van der Waals surface area contributed by atoms with Crippen molar-refractivity contribution in [3.63, 3.8) is 0 Å². The van der Waals surface area contributed by atoms with Crippen LogP contribution < -0.4 is 0 Å². The lowest BCUT2D eigenvalue weighted by Gasteiger charge is -2.26. The van der Waals surface area contributed by atoms with Crippen LogP contribution in [0.3, 0.4) is 0 Å². The molecule has 1 rings (SSSR count). The van der Waals surface area contributed by atoms with E-state index in [0.717, 1.165) is 5.92 Å². The number of hydrogen-bond donors (Lipinski definition) is 0. The smallest absolute Gasteiger partial charge is 0.00150 e. The maximum atomic E-state index is 2.55. The zero-order chi connectivity index (χ0) is 8.48. The van der Waals surface area contributed by atoms with Crippen LogP contribution in [0.2, 0.25) is 0 Å². The molecule has 1 saturated heterocycles. The van der Waals surface area contributed by atoms with Gasteiger partial charge >= 0.3 is 0 Å². The summed E-state index contributed by atoms with van der Waals surface area (Å²) in [4.78, 5) is 2.55. The topological polar surface area (TPSA) is 3.24 Å². The van der Waals surface area contributed by atoms with Crippen molar-refractivity contribution in [2.24, 2.45) is 11.3 Å². The number of rotatable bonds is 1.